The molecule has 0 aromatic rings. The second-order valence-electron chi connectivity index (χ2n) is 6.14. The fourth-order valence-electron chi connectivity index (χ4n) is 2.72. The average Bonchev–Trinajstić information content (AvgIpc) is 2.23. The molecule has 0 aromatic carbocycles. The summed E-state index contributed by atoms with van der Waals surface area (Å²) in [7, 11) is 0. The van der Waals surface area contributed by atoms with Gasteiger partial charge in [-0.25, -0.2) is 0 Å². The summed E-state index contributed by atoms with van der Waals surface area (Å²) in [5.41, 5.74) is 0.799. The molecule has 1 aliphatic carbocycles. The normalized spacial score (nSPS) is 31.9. The predicted molar refractivity (Wildman–Crippen MR) is 78.4 cm³/mol. The zero-order valence-corrected chi connectivity index (χ0v) is 12.9. The van der Waals surface area contributed by atoms with Crippen molar-refractivity contribution in [1.29, 1.82) is 0 Å². The quantitative estimate of drug-likeness (QED) is 0.600. The lowest BCUT2D eigenvalue weighted by Gasteiger charge is -2.45. The Hall–Kier alpha value is -0.0800. The van der Waals surface area contributed by atoms with E-state index in [1.165, 1.54) is 12.0 Å². The van der Waals surface area contributed by atoms with Gasteiger partial charge in [0.25, 0.3) is 0 Å². The highest BCUT2D eigenvalue weighted by Crippen LogP contribution is 2.49. The van der Waals surface area contributed by atoms with Crippen LogP contribution in [0, 0.1) is 11.3 Å². The van der Waals surface area contributed by atoms with Crippen LogP contribution in [0.5, 0.6) is 0 Å². The molecule has 1 nitrogen and oxygen atoms in total. The van der Waals surface area contributed by atoms with Crippen LogP contribution in [-0.2, 0) is 0 Å². The lowest BCUT2D eigenvalue weighted by Crippen LogP contribution is -2.39. The highest BCUT2D eigenvalue weighted by atomic mass is 79.9. The molecular formula is C15H25BrO. The highest BCUT2D eigenvalue weighted by molar-refractivity contribution is 9.09. The molecule has 0 spiro atoms. The van der Waals surface area contributed by atoms with Gasteiger partial charge in [0.15, 0.2) is 0 Å². The molecule has 0 heterocycles. The van der Waals surface area contributed by atoms with Gasteiger partial charge in [-0.2, -0.15) is 0 Å². The van der Waals surface area contributed by atoms with Crippen LogP contribution in [-0.4, -0.2) is 15.5 Å². The Morgan fingerprint density at radius 3 is 2.71 bits per heavy atom. The molecule has 0 aliphatic heterocycles. The van der Waals surface area contributed by atoms with E-state index in [0.29, 0.717) is 10.7 Å². The minimum atomic E-state index is -0.754. The van der Waals surface area contributed by atoms with Gasteiger partial charge < -0.3 is 5.11 Å². The first kappa shape index (κ1) is 15.0. The number of aliphatic hydroxyl groups is 1. The summed E-state index contributed by atoms with van der Waals surface area (Å²) < 4.78 is 0. The van der Waals surface area contributed by atoms with E-state index in [-0.39, 0.29) is 5.41 Å². The summed E-state index contributed by atoms with van der Waals surface area (Å²) in [5.74, 6) is 0.479. The van der Waals surface area contributed by atoms with Crippen molar-refractivity contribution in [3.63, 3.8) is 0 Å². The van der Waals surface area contributed by atoms with Gasteiger partial charge in [0.05, 0.1) is 5.60 Å². The van der Waals surface area contributed by atoms with Gasteiger partial charge in [0, 0.05) is 4.83 Å². The van der Waals surface area contributed by atoms with E-state index in [1.54, 1.807) is 6.08 Å². The molecule has 3 atom stereocenters. The third kappa shape index (κ3) is 3.45. The van der Waals surface area contributed by atoms with Gasteiger partial charge in [-0.1, -0.05) is 48.0 Å². The minimum Gasteiger partial charge on any atom is -0.386 e. The predicted octanol–water partition coefficient (Wildman–Crippen LogP) is 4.46. The molecule has 0 amide bonds. The zero-order chi connectivity index (χ0) is 13.3. The van der Waals surface area contributed by atoms with Crippen molar-refractivity contribution in [1.82, 2.24) is 0 Å². The molecular weight excluding hydrogens is 276 g/mol. The first-order valence-corrected chi connectivity index (χ1v) is 7.30. The van der Waals surface area contributed by atoms with E-state index in [2.05, 4.69) is 42.9 Å². The number of hydrogen-bond acceptors (Lipinski definition) is 1. The van der Waals surface area contributed by atoms with Crippen LogP contribution < -0.4 is 0 Å². The standard InChI is InChI=1S/C15H25BrO/c1-6-15(5,17)10-9-12-11(2)7-8-13(16)14(12,3)4/h6,12-13,17H,1-2,7-10H2,3-5H3/t12-,13-,15+/m0/s1. The van der Waals surface area contributed by atoms with Crippen molar-refractivity contribution < 1.29 is 5.11 Å². The van der Waals surface area contributed by atoms with Gasteiger partial charge in [-0.3, -0.25) is 0 Å². The Labute approximate surface area is 114 Å². The Balaban J connectivity index is 2.73. The number of halogens is 1. The molecule has 0 bridgehead atoms. The van der Waals surface area contributed by atoms with Crippen molar-refractivity contribution >= 4 is 15.9 Å². The van der Waals surface area contributed by atoms with Crippen LogP contribution >= 0.6 is 15.9 Å². The van der Waals surface area contributed by atoms with E-state index < -0.39 is 5.60 Å². The van der Waals surface area contributed by atoms with Gasteiger partial charge in [-0.05, 0) is 43.9 Å². The number of hydrogen-bond donors (Lipinski definition) is 1. The number of rotatable bonds is 4. The Morgan fingerprint density at radius 1 is 1.59 bits per heavy atom. The summed E-state index contributed by atoms with van der Waals surface area (Å²) >= 11 is 3.79. The molecule has 0 unspecified atom stereocenters. The van der Waals surface area contributed by atoms with Gasteiger partial charge >= 0.3 is 0 Å². The van der Waals surface area contributed by atoms with E-state index >= 15 is 0 Å². The topological polar surface area (TPSA) is 20.2 Å². The zero-order valence-electron chi connectivity index (χ0n) is 11.3. The fourth-order valence-corrected chi connectivity index (χ4v) is 3.27. The maximum absolute atomic E-state index is 10.0. The summed E-state index contributed by atoms with van der Waals surface area (Å²) in [5, 5.41) is 10.0. The largest absolute Gasteiger partial charge is 0.386 e. The Bertz CT molecular complexity index is 304. The van der Waals surface area contributed by atoms with Crippen LogP contribution in [0.1, 0.15) is 46.5 Å². The molecule has 1 fully saturated rings. The summed E-state index contributed by atoms with van der Waals surface area (Å²) in [6.07, 6.45) is 5.63. The summed E-state index contributed by atoms with van der Waals surface area (Å²) in [4.78, 5) is 0.541. The third-order valence-corrected chi connectivity index (χ3v) is 5.93. The van der Waals surface area contributed by atoms with Gasteiger partial charge in [0.2, 0.25) is 0 Å². The van der Waals surface area contributed by atoms with E-state index in [0.717, 1.165) is 19.3 Å². The number of allylic oxidation sites excluding steroid dienone is 1. The van der Waals surface area contributed by atoms with Crippen LogP contribution in [0.25, 0.3) is 0 Å². The third-order valence-electron chi connectivity index (χ3n) is 4.30. The SMILES string of the molecule is C=C[C@@](C)(O)CC[C@H]1C(=C)CC[C@H](Br)C1(C)C. The molecule has 1 saturated carbocycles. The van der Waals surface area contributed by atoms with E-state index in [4.69, 9.17) is 0 Å². The first-order valence-electron chi connectivity index (χ1n) is 6.38. The summed E-state index contributed by atoms with van der Waals surface area (Å²) in [6.45, 7) is 14.3. The van der Waals surface area contributed by atoms with Crippen molar-refractivity contribution in [2.45, 2.75) is 56.9 Å². The second-order valence-corrected chi connectivity index (χ2v) is 7.24. The van der Waals surface area contributed by atoms with Crippen molar-refractivity contribution in [2.75, 3.05) is 0 Å². The lowest BCUT2D eigenvalue weighted by atomic mass is 9.64. The Kier molecular flexibility index (Phi) is 4.65. The van der Waals surface area contributed by atoms with Crippen LogP contribution in [0.4, 0.5) is 0 Å². The lowest BCUT2D eigenvalue weighted by molar-refractivity contribution is 0.0813. The Morgan fingerprint density at radius 2 is 2.18 bits per heavy atom. The molecule has 0 saturated heterocycles. The van der Waals surface area contributed by atoms with Crippen LogP contribution in [0.2, 0.25) is 0 Å². The first-order chi connectivity index (χ1) is 7.70. The van der Waals surface area contributed by atoms with E-state index in [1.807, 2.05) is 6.92 Å². The number of alkyl halides is 1. The van der Waals surface area contributed by atoms with Crippen LogP contribution in [0.15, 0.2) is 24.8 Å². The summed E-state index contributed by atoms with van der Waals surface area (Å²) in [6, 6.07) is 0. The highest BCUT2D eigenvalue weighted by Gasteiger charge is 2.41. The van der Waals surface area contributed by atoms with Crippen molar-refractivity contribution in [2.24, 2.45) is 11.3 Å². The smallest absolute Gasteiger partial charge is 0.0797 e. The minimum absolute atomic E-state index is 0.215. The van der Waals surface area contributed by atoms with Gasteiger partial charge in [-0.15, -0.1) is 6.58 Å². The van der Waals surface area contributed by atoms with Crippen molar-refractivity contribution in [3.8, 4) is 0 Å². The average molecular weight is 301 g/mol. The molecule has 1 N–H and O–H groups in total. The molecule has 2 heteroatoms. The van der Waals surface area contributed by atoms with E-state index in [9.17, 15) is 5.11 Å². The van der Waals surface area contributed by atoms with Crippen LogP contribution in [0.3, 0.4) is 0 Å². The molecule has 98 valence electrons. The molecule has 1 aliphatic rings. The maximum Gasteiger partial charge on any atom is 0.0797 e. The molecule has 0 radical (unpaired) electrons. The van der Waals surface area contributed by atoms with Crippen molar-refractivity contribution in [3.05, 3.63) is 24.8 Å². The monoisotopic (exact) mass is 300 g/mol. The second kappa shape index (κ2) is 5.27. The fraction of sp³-hybridized carbons (Fsp3) is 0.733. The molecule has 17 heavy (non-hydrogen) atoms. The molecule has 1 rings (SSSR count). The molecule has 0 aromatic heterocycles. The van der Waals surface area contributed by atoms with Gasteiger partial charge in [0.1, 0.15) is 0 Å². The maximum atomic E-state index is 10.0.